The Bertz CT molecular complexity index is 3150. The summed E-state index contributed by atoms with van der Waals surface area (Å²) in [5, 5.41) is 8.24. The van der Waals surface area contributed by atoms with Crippen LogP contribution in [0.15, 0.2) is 209 Å². The van der Waals surface area contributed by atoms with Gasteiger partial charge in [0.05, 0.1) is 6.26 Å². The molecule has 0 aliphatic carbocycles. The maximum atomic E-state index is 6.36. The van der Waals surface area contributed by atoms with Crippen molar-refractivity contribution >= 4 is 71.5 Å². The van der Waals surface area contributed by atoms with E-state index in [1.807, 2.05) is 30.5 Å². The quantitative estimate of drug-likeness (QED) is 0.162. The second-order valence-corrected chi connectivity index (χ2v) is 14.1. The molecule has 11 aromatic rings. The molecule has 0 amide bonds. The first-order valence-electron chi connectivity index (χ1n) is 18.7. The molecular formula is C52H33NO2. The van der Waals surface area contributed by atoms with Crippen LogP contribution in [-0.4, -0.2) is 0 Å². The third-order valence-electron chi connectivity index (χ3n) is 10.9. The van der Waals surface area contributed by atoms with Gasteiger partial charge in [-0.1, -0.05) is 140 Å². The van der Waals surface area contributed by atoms with E-state index < -0.39 is 0 Å². The lowest BCUT2D eigenvalue weighted by atomic mass is 9.85. The zero-order valence-corrected chi connectivity index (χ0v) is 29.8. The number of furan rings is 2. The highest BCUT2D eigenvalue weighted by molar-refractivity contribution is 6.21. The number of benzene rings is 9. The molecule has 0 bridgehead atoms. The molecule has 2 aromatic heterocycles. The molecule has 0 aliphatic heterocycles. The van der Waals surface area contributed by atoms with Crippen molar-refractivity contribution in [1.29, 1.82) is 0 Å². The van der Waals surface area contributed by atoms with Gasteiger partial charge in [0.1, 0.15) is 16.7 Å². The molecule has 3 heteroatoms. The monoisotopic (exact) mass is 703 g/mol. The minimum atomic E-state index is 0.870. The fourth-order valence-corrected chi connectivity index (χ4v) is 8.45. The van der Waals surface area contributed by atoms with Gasteiger partial charge in [-0.05, 0) is 97.9 Å². The van der Waals surface area contributed by atoms with Crippen LogP contribution in [0.25, 0.3) is 87.8 Å². The molecule has 0 N–H and O–H groups in total. The molecule has 0 saturated heterocycles. The zero-order chi connectivity index (χ0) is 36.3. The van der Waals surface area contributed by atoms with E-state index in [0.717, 1.165) is 66.7 Å². The molecular weight excluding hydrogens is 671 g/mol. The first-order chi connectivity index (χ1) is 27.3. The third-order valence-corrected chi connectivity index (χ3v) is 10.9. The van der Waals surface area contributed by atoms with Gasteiger partial charge in [0.25, 0.3) is 0 Å². The molecule has 2 heterocycles. The summed E-state index contributed by atoms with van der Waals surface area (Å²) in [5.41, 5.74) is 12.9. The first-order valence-corrected chi connectivity index (χ1v) is 18.7. The summed E-state index contributed by atoms with van der Waals surface area (Å²) in [7, 11) is 0. The normalized spacial score (nSPS) is 11.6. The topological polar surface area (TPSA) is 29.5 Å². The zero-order valence-electron chi connectivity index (χ0n) is 29.8. The maximum Gasteiger partial charge on any atom is 0.137 e. The van der Waals surface area contributed by atoms with Crippen LogP contribution >= 0.6 is 0 Å². The van der Waals surface area contributed by atoms with Crippen LogP contribution < -0.4 is 4.90 Å². The van der Waals surface area contributed by atoms with Gasteiger partial charge in [-0.15, -0.1) is 0 Å². The van der Waals surface area contributed by atoms with Gasteiger partial charge in [0.15, 0.2) is 0 Å². The molecule has 0 aliphatic rings. The van der Waals surface area contributed by atoms with Crippen molar-refractivity contribution in [1.82, 2.24) is 0 Å². The summed E-state index contributed by atoms with van der Waals surface area (Å²) in [4.78, 5) is 2.32. The van der Waals surface area contributed by atoms with E-state index in [1.165, 1.54) is 38.2 Å². The molecule has 55 heavy (non-hydrogen) atoms. The van der Waals surface area contributed by atoms with Crippen molar-refractivity contribution in [2.75, 3.05) is 4.90 Å². The Hall–Kier alpha value is -7.36. The Balaban J connectivity index is 1.07. The summed E-state index contributed by atoms with van der Waals surface area (Å²) in [6.07, 6.45) is 1.86. The fourth-order valence-electron chi connectivity index (χ4n) is 8.45. The van der Waals surface area contributed by atoms with Crippen molar-refractivity contribution in [2.45, 2.75) is 0 Å². The Morgan fingerprint density at radius 1 is 0.309 bits per heavy atom. The molecule has 0 saturated carbocycles. The minimum Gasteiger partial charge on any atom is -0.464 e. The van der Waals surface area contributed by atoms with Crippen LogP contribution in [0.4, 0.5) is 17.1 Å². The lowest BCUT2D eigenvalue weighted by Gasteiger charge is -2.26. The van der Waals surface area contributed by atoms with Crippen molar-refractivity contribution in [3.63, 3.8) is 0 Å². The van der Waals surface area contributed by atoms with Gasteiger partial charge < -0.3 is 13.7 Å². The smallest absolute Gasteiger partial charge is 0.137 e. The van der Waals surface area contributed by atoms with Gasteiger partial charge in [-0.2, -0.15) is 0 Å². The van der Waals surface area contributed by atoms with Crippen LogP contribution in [0.1, 0.15) is 0 Å². The highest BCUT2D eigenvalue weighted by Crippen LogP contribution is 2.46. The lowest BCUT2D eigenvalue weighted by molar-refractivity contribution is 0.617. The maximum absolute atomic E-state index is 6.36. The predicted molar refractivity (Wildman–Crippen MR) is 229 cm³/mol. The second kappa shape index (κ2) is 12.6. The number of anilines is 3. The predicted octanol–water partition coefficient (Wildman–Crippen LogP) is 15.1. The van der Waals surface area contributed by atoms with Crippen LogP contribution in [0.5, 0.6) is 0 Å². The molecule has 9 aromatic carbocycles. The van der Waals surface area contributed by atoms with Gasteiger partial charge in [0, 0.05) is 44.9 Å². The van der Waals surface area contributed by atoms with Gasteiger partial charge >= 0.3 is 0 Å². The van der Waals surface area contributed by atoms with E-state index in [-0.39, 0.29) is 0 Å². The summed E-state index contributed by atoms with van der Waals surface area (Å²) in [5.74, 6) is 0. The SMILES string of the molecule is c1ccc(N(c2cccc(-c3c4ccccc4c(-c4ccc(-c5coc6ccccc56)cc4)c4ccccc34)c2)c2ccc3c(c2)oc2ccccc23)cc1. The molecule has 11 rings (SSSR count). The van der Waals surface area contributed by atoms with Crippen LogP contribution in [-0.2, 0) is 0 Å². The van der Waals surface area contributed by atoms with E-state index in [1.54, 1.807) is 0 Å². The average molecular weight is 704 g/mol. The number of hydrogen-bond acceptors (Lipinski definition) is 3. The average Bonchev–Trinajstić information content (AvgIpc) is 3.85. The molecule has 0 fully saturated rings. The van der Waals surface area contributed by atoms with E-state index in [2.05, 4.69) is 175 Å². The van der Waals surface area contributed by atoms with Gasteiger partial charge in [0.2, 0.25) is 0 Å². The first kappa shape index (κ1) is 31.2. The van der Waals surface area contributed by atoms with Crippen molar-refractivity contribution in [2.24, 2.45) is 0 Å². The number of hydrogen-bond donors (Lipinski definition) is 0. The summed E-state index contributed by atoms with van der Waals surface area (Å²) in [6, 6.07) is 69.1. The van der Waals surface area contributed by atoms with Crippen LogP contribution in [0.3, 0.4) is 0 Å². The van der Waals surface area contributed by atoms with Gasteiger partial charge in [-0.3, -0.25) is 0 Å². The largest absolute Gasteiger partial charge is 0.464 e. The van der Waals surface area contributed by atoms with E-state index in [0.29, 0.717) is 0 Å². The summed E-state index contributed by atoms with van der Waals surface area (Å²) >= 11 is 0. The van der Waals surface area contributed by atoms with Crippen LogP contribution in [0, 0.1) is 0 Å². The highest BCUT2D eigenvalue weighted by Gasteiger charge is 2.20. The second-order valence-electron chi connectivity index (χ2n) is 14.1. The van der Waals surface area contributed by atoms with E-state index in [4.69, 9.17) is 8.83 Å². The minimum absolute atomic E-state index is 0.870. The Morgan fingerprint density at radius 2 is 0.836 bits per heavy atom. The highest BCUT2D eigenvalue weighted by atomic mass is 16.3. The fraction of sp³-hybridized carbons (Fsp3) is 0. The summed E-state index contributed by atoms with van der Waals surface area (Å²) < 4.78 is 12.2. The number of para-hydroxylation sites is 3. The van der Waals surface area contributed by atoms with E-state index >= 15 is 0 Å². The Morgan fingerprint density at radius 3 is 1.55 bits per heavy atom. The molecule has 3 nitrogen and oxygen atoms in total. The molecule has 0 unspecified atom stereocenters. The number of nitrogens with zero attached hydrogens (tertiary/aromatic N) is 1. The number of rotatable bonds is 6. The van der Waals surface area contributed by atoms with Crippen LogP contribution in [0.2, 0.25) is 0 Å². The van der Waals surface area contributed by atoms with E-state index in [9.17, 15) is 0 Å². The summed E-state index contributed by atoms with van der Waals surface area (Å²) in [6.45, 7) is 0. The molecule has 0 spiro atoms. The standard InChI is InChI=1S/C52H33NO2/c1-2-14-37(15-3-1)53(39-29-30-42-40-17-9-11-24-49(40)55-50(42)32-39)38-16-12-13-36(31-38)52-45-21-6-4-19-43(45)51(44-20-5-7-22-46(44)52)35-27-25-34(26-28-35)47-33-54-48-23-10-8-18-41(47)48/h1-33H. The molecule has 0 atom stereocenters. The number of fused-ring (bicyclic) bond motifs is 6. The Labute approximate surface area is 317 Å². The molecule has 0 radical (unpaired) electrons. The molecule has 258 valence electrons. The van der Waals surface area contributed by atoms with Crippen molar-refractivity contribution in [3.8, 4) is 33.4 Å². The Kier molecular flexibility index (Phi) is 7.17. The third kappa shape index (κ3) is 5.13. The van der Waals surface area contributed by atoms with Crippen molar-refractivity contribution in [3.05, 3.63) is 200 Å². The van der Waals surface area contributed by atoms with Crippen molar-refractivity contribution < 1.29 is 8.83 Å². The van der Waals surface area contributed by atoms with Gasteiger partial charge in [-0.25, -0.2) is 0 Å². The lowest BCUT2D eigenvalue weighted by Crippen LogP contribution is -2.09.